The van der Waals surface area contributed by atoms with Crippen LogP contribution in [0, 0.1) is 0 Å². The Kier molecular flexibility index (Phi) is 6.19. The fourth-order valence-electron chi connectivity index (χ4n) is 2.82. The lowest BCUT2D eigenvalue weighted by Gasteiger charge is -2.36. The van der Waals surface area contributed by atoms with Gasteiger partial charge in [-0.25, -0.2) is 0 Å². The molecule has 0 radical (unpaired) electrons. The molecule has 0 saturated carbocycles. The number of hydrogen-bond donors (Lipinski definition) is 1. The van der Waals surface area contributed by atoms with Gasteiger partial charge in [0, 0.05) is 44.6 Å². The maximum absolute atomic E-state index is 5.22. The van der Waals surface area contributed by atoms with E-state index >= 15 is 0 Å². The topological polar surface area (TPSA) is 37.4 Å². The van der Waals surface area contributed by atoms with Gasteiger partial charge in [0.15, 0.2) is 0 Å². The highest BCUT2D eigenvalue weighted by atomic mass is 35.5. The Bertz CT molecular complexity index is 562. The van der Waals surface area contributed by atoms with Gasteiger partial charge in [0.2, 0.25) is 0 Å². The molecule has 1 N–H and O–H groups in total. The largest absolute Gasteiger partial charge is 0.497 e. The molecule has 22 heavy (non-hydrogen) atoms. The Morgan fingerprint density at radius 3 is 2.59 bits per heavy atom. The van der Waals surface area contributed by atoms with E-state index in [-0.39, 0.29) is 12.4 Å². The fourth-order valence-corrected chi connectivity index (χ4v) is 2.82. The van der Waals surface area contributed by atoms with Crippen LogP contribution < -0.4 is 10.1 Å². The van der Waals surface area contributed by atoms with Crippen LogP contribution in [0.2, 0.25) is 0 Å². The van der Waals surface area contributed by atoms with Crippen LogP contribution in [0.1, 0.15) is 17.2 Å². The van der Waals surface area contributed by atoms with Crippen LogP contribution in [-0.4, -0.2) is 36.6 Å². The Morgan fingerprint density at radius 1 is 1.18 bits per heavy atom. The summed E-state index contributed by atoms with van der Waals surface area (Å²) >= 11 is 0. The summed E-state index contributed by atoms with van der Waals surface area (Å²) < 4.78 is 5.22. The van der Waals surface area contributed by atoms with Gasteiger partial charge in [-0.15, -0.1) is 12.4 Å². The first kappa shape index (κ1) is 16.7. The molecule has 3 rings (SSSR count). The van der Waals surface area contributed by atoms with Crippen molar-refractivity contribution in [2.75, 3.05) is 26.7 Å². The van der Waals surface area contributed by atoms with E-state index in [9.17, 15) is 0 Å². The Morgan fingerprint density at radius 2 is 1.91 bits per heavy atom. The first-order valence-electron chi connectivity index (χ1n) is 7.34. The molecule has 1 atom stereocenters. The molecule has 2 aromatic rings. The monoisotopic (exact) mass is 319 g/mol. The van der Waals surface area contributed by atoms with Gasteiger partial charge >= 0.3 is 0 Å². The highest BCUT2D eigenvalue weighted by Crippen LogP contribution is 2.24. The van der Waals surface area contributed by atoms with Gasteiger partial charge in [-0.1, -0.05) is 12.1 Å². The number of nitrogens with zero attached hydrogens (tertiary/aromatic N) is 2. The SMILES string of the molecule is COc1ccc(CN2CCNCC2c2ccncc2)cc1.Cl. The van der Waals surface area contributed by atoms with Gasteiger partial charge in [-0.2, -0.15) is 0 Å². The Labute approximate surface area is 137 Å². The first-order valence-corrected chi connectivity index (χ1v) is 7.34. The number of pyridine rings is 1. The Balaban J connectivity index is 0.00000176. The van der Waals surface area contributed by atoms with Gasteiger partial charge in [0.1, 0.15) is 5.75 Å². The zero-order valence-corrected chi connectivity index (χ0v) is 13.6. The number of benzene rings is 1. The minimum atomic E-state index is 0. The number of aromatic nitrogens is 1. The van der Waals surface area contributed by atoms with Gasteiger partial charge in [0.05, 0.1) is 7.11 Å². The van der Waals surface area contributed by atoms with Crippen molar-refractivity contribution in [2.45, 2.75) is 12.6 Å². The lowest BCUT2D eigenvalue weighted by atomic mass is 10.0. The third-order valence-corrected chi connectivity index (χ3v) is 3.99. The first-order chi connectivity index (χ1) is 10.4. The van der Waals surface area contributed by atoms with Crippen molar-refractivity contribution in [3.05, 3.63) is 59.9 Å². The maximum atomic E-state index is 5.22. The summed E-state index contributed by atoms with van der Waals surface area (Å²) in [5.74, 6) is 0.907. The van der Waals surface area contributed by atoms with Crippen LogP contribution in [0.4, 0.5) is 0 Å². The zero-order valence-electron chi connectivity index (χ0n) is 12.7. The van der Waals surface area contributed by atoms with E-state index in [0.717, 1.165) is 31.9 Å². The van der Waals surface area contributed by atoms with Crippen LogP contribution in [-0.2, 0) is 6.54 Å². The molecule has 1 aliphatic heterocycles. The predicted octanol–water partition coefficient (Wildman–Crippen LogP) is 2.66. The number of hydrogen-bond acceptors (Lipinski definition) is 4. The fraction of sp³-hybridized carbons (Fsp3) is 0.353. The molecule has 0 spiro atoms. The van der Waals surface area contributed by atoms with Gasteiger partial charge < -0.3 is 10.1 Å². The second-order valence-corrected chi connectivity index (χ2v) is 5.32. The van der Waals surface area contributed by atoms with Crippen molar-refractivity contribution in [2.24, 2.45) is 0 Å². The van der Waals surface area contributed by atoms with Crippen LogP contribution in [0.5, 0.6) is 5.75 Å². The highest BCUT2D eigenvalue weighted by Gasteiger charge is 2.23. The average Bonchev–Trinajstić information content (AvgIpc) is 2.57. The van der Waals surface area contributed by atoms with Crippen molar-refractivity contribution in [1.29, 1.82) is 0 Å². The van der Waals surface area contributed by atoms with Gasteiger partial charge in [0.25, 0.3) is 0 Å². The molecule has 1 aromatic carbocycles. The molecule has 1 saturated heterocycles. The van der Waals surface area contributed by atoms with E-state index in [1.165, 1.54) is 11.1 Å². The van der Waals surface area contributed by atoms with E-state index in [4.69, 9.17) is 4.74 Å². The minimum absolute atomic E-state index is 0. The molecule has 0 amide bonds. The summed E-state index contributed by atoms with van der Waals surface area (Å²) in [6, 6.07) is 13.0. The van der Waals surface area contributed by atoms with Crippen molar-refractivity contribution < 1.29 is 4.74 Å². The van der Waals surface area contributed by atoms with Crippen LogP contribution in [0.15, 0.2) is 48.8 Å². The summed E-state index contributed by atoms with van der Waals surface area (Å²) in [5, 5.41) is 3.49. The van der Waals surface area contributed by atoms with E-state index in [2.05, 4.69) is 39.5 Å². The number of halogens is 1. The third-order valence-electron chi connectivity index (χ3n) is 3.99. The molecule has 1 unspecified atom stereocenters. The summed E-state index contributed by atoms with van der Waals surface area (Å²) in [4.78, 5) is 6.64. The van der Waals surface area contributed by atoms with E-state index in [1.54, 1.807) is 7.11 Å². The number of piperazine rings is 1. The van der Waals surface area contributed by atoms with E-state index < -0.39 is 0 Å². The van der Waals surface area contributed by atoms with Gasteiger partial charge in [-0.05, 0) is 35.4 Å². The van der Waals surface area contributed by atoms with Crippen molar-refractivity contribution in [1.82, 2.24) is 15.2 Å². The number of ether oxygens (including phenoxy) is 1. The molecule has 1 aromatic heterocycles. The summed E-state index contributed by atoms with van der Waals surface area (Å²) in [5.41, 5.74) is 2.64. The average molecular weight is 320 g/mol. The molecule has 5 heteroatoms. The van der Waals surface area contributed by atoms with Crippen molar-refractivity contribution in [3.63, 3.8) is 0 Å². The lowest BCUT2D eigenvalue weighted by Crippen LogP contribution is -2.45. The standard InChI is InChI=1S/C17H21N3O.ClH/c1-21-16-4-2-14(3-5-16)13-20-11-10-19-12-17(20)15-6-8-18-9-7-15;/h2-9,17,19H,10-13H2,1H3;1H. The second kappa shape index (κ2) is 8.13. The lowest BCUT2D eigenvalue weighted by molar-refractivity contribution is 0.153. The normalized spacial score (nSPS) is 18.5. The third kappa shape index (κ3) is 3.97. The quantitative estimate of drug-likeness (QED) is 0.940. The number of rotatable bonds is 4. The molecule has 1 fully saturated rings. The molecule has 0 bridgehead atoms. The molecular weight excluding hydrogens is 298 g/mol. The van der Waals surface area contributed by atoms with Crippen LogP contribution >= 0.6 is 12.4 Å². The smallest absolute Gasteiger partial charge is 0.118 e. The van der Waals surface area contributed by atoms with Gasteiger partial charge in [-0.3, -0.25) is 9.88 Å². The van der Waals surface area contributed by atoms with E-state index in [1.807, 2.05) is 24.5 Å². The highest BCUT2D eigenvalue weighted by molar-refractivity contribution is 5.85. The summed E-state index contributed by atoms with van der Waals surface area (Å²) in [7, 11) is 1.70. The Hall–Kier alpha value is -1.62. The zero-order chi connectivity index (χ0) is 14.5. The molecule has 118 valence electrons. The molecule has 2 heterocycles. The van der Waals surface area contributed by atoms with Crippen LogP contribution in [0.3, 0.4) is 0 Å². The number of methoxy groups -OCH3 is 1. The minimum Gasteiger partial charge on any atom is -0.497 e. The number of nitrogens with one attached hydrogen (secondary N) is 1. The predicted molar refractivity (Wildman–Crippen MR) is 90.5 cm³/mol. The molecular formula is C17H22ClN3O. The summed E-state index contributed by atoms with van der Waals surface area (Å²) in [6.07, 6.45) is 3.74. The summed E-state index contributed by atoms with van der Waals surface area (Å²) in [6.45, 7) is 4.04. The molecule has 4 nitrogen and oxygen atoms in total. The van der Waals surface area contributed by atoms with E-state index in [0.29, 0.717) is 6.04 Å². The maximum Gasteiger partial charge on any atom is 0.118 e. The van der Waals surface area contributed by atoms with Crippen molar-refractivity contribution >= 4 is 12.4 Å². The molecule has 0 aliphatic carbocycles. The second-order valence-electron chi connectivity index (χ2n) is 5.32. The van der Waals surface area contributed by atoms with Crippen LogP contribution in [0.25, 0.3) is 0 Å². The van der Waals surface area contributed by atoms with Crippen molar-refractivity contribution in [3.8, 4) is 5.75 Å². The molecule has 1 aliphatic rings.